The van der Waals surface area contributed by atoms with Crippen LogP contribution in [0.4, 0.5) is 4.79 Å². The third kappa shape index (κ3) is 4.13. The van der Waals surface area contributed by atoms with Gasteiger partial charge in [0.15, 0.2) is 0 Å². The summed E-state index contributed by atoms with van der Waals surface area (Å²) in [4.78, 5) is 13.6. The quantitative estimate of drug-likeness (QED) is 0.800. The van der Waals surface area contributed by atoms with Crippen LogP contribution in [0.25, 0.3) is 0 Å². The van der Waals surface area contributed by atoms with Gasteiger partial charge in [0.1, 0.15) is 12.4 Å². The van der Waals surface area contributed by atoms with Gasteiger partial charge in [-0.1, -0.05) is 17.7 Å². The highest BCUT2D eigenvalue weighted by atomic mass is 16.5. The van der Waals surface area contributed by atoms with E-state index >= 15 is 0 Å². The van der Waals surface area contributed by atoms with Gasteiger partial charge in [0, 0.05) is 25.6 Å². The van der Waals surface area contributed by atoms with Gasteiger partial charge < -0.3 is 20.1 Å². The number of aliphatic hydroxyl groups excluding tert-OH is 1. The Labute approximate surface area is 119 Å². The minimum absolute atomic E-state index is 0.0755. The smallest absolute Gasteiger partial charge is 0.317 e. The topological polar surface area (TPSA) is 61.8 Å². The predicted octanol–water partition coefficient (Wildman–Crippen LogP) is 1.40. The van der Waals surface area contributed by atoms with Gasteiger partial charge in [-0.25, -0.2) is 4.79 Å². The van der Waals surface area contributed by atoms with Crippen LogP contribution in [-0.2, 0) is 0 Å². The fraction of sp³-hybridized carbons (Fsp3) is 0.533. The minimum Gasteiger partial charge on any atom is -0.492 e. The van der Waals surface area contributed by atoms with Crippen molar-refractivity contribution in [2.75, 3.05) is 32.8 Å². The highest BCUT2D eigenvalue weighted by Gasteiger charge is 2.25. The van der Waals surface area contributed by atoms with E-state index in [4.69, 9.17) is 9.84 Å². The molecule has 2 rings (SSSR count). The van der Waals surface area contributed by atoms with Crippen molar-refractivity contribution >= 4 is 6.03 Å². The van der Waals surface area contributed by atoms with Gasteiger partial charge in [0.2, 0.25) is 0 Å². The first kappa shape index (κ1) is 14.7. The van der Waals surface area contributed by atoms with Gasteiger partial charge in [-0.05, 0) is 25.5 Å². The van der Waals surface area contributed by atoms with Crippen LogP contribution < -0.4 is 10.1 Å². The summed E-state index contributed by atoms with van der Waals surface area (Å²) in [5, 5.41) is 11.9. The average molecular weight is 278 g/mol. The number of nitrogens with zero attached hydrogens (tertiary/aromatic N) is 1. The Morgan fingerprint density at radius 2 is 2.20 bits per heavy atom. The standard InChI is InChI=1S/C15H22N2O3/c1-12-2-4-14(5-3-12)20-9-7-16-15(19)17-8-6-13(10-17)11-18/h2-5,13,18H,6-11H2,1H3,(H,16,19). The van der Waals surface area contributed by atoms with Gasteiger partial charge in [0.05, 0.1) is 6.54 Å². The molecule has 0 radical (unpaired) electrons. The van der Waals surface area contributed by atoms with E-state index in [2.05, 4.69) is 5.32 Å². The number of benzene rings is 1. The lowest BCUT2D eigenvalue weighted by atomic mass is 10.1. The third-order valence-corrected chi connectivity index (χ3v) is 3.50. The first-order valence-corrected chi connectivity index (χ1v) is 7.02. The van der Waals surface area contributed by atoms with Gasteiger partial charge in [0.25, 0.3) is 0 Å². The van der Waals surface area contributed by atoms with Crippen LogP contribution in [0.5, 0.6) is 5.75 Å². The summed E-state index contributed by atoms with van der Waals surface area (Å²) in [5.41, 5.74) is 1.19. The highest BCUT2D eigenvalue weighted by Crippen LogP contribution is 2.15. The number of rotatable bonds is 5. The summed E-state index contributed by atoms with van der Waals surface area (Å²) in [6.45, 7) is 4.47. The monoisotopic (exact) mass is 278 g/mol. The molecule has 0 bridgehead atoms. The van der Waals surface area contributed by atoms with Gasteiger partial charge in [-0.3, -0.25) is 0 Å². The minimum atomic E-state index is -0.0755. The molecule has 1 heterocycles. The second-order valence-electron chi connectivity index (χ2n) is 5.18. The molecule has 20 heavy (non-hydrogen) atoms. The van der Waals surface area contributed by atoms with Crippen LogP contribution in [0.2, 0.25) is 0 Å². The lowest BCUT2D eigenvalue weighted by Gasteiger charge is -2.17. The van der Waals surface area contributed by atoms with Crippen LogP contribution in [0.15, 0.2) is 24.3 Å². The van der Waals surface area contributed by atoms with E-state index in [1.807, 2.05) is 31.2 Å². The molecule has 110 valence electrons. The highest BCUT2D eigenvalue weighted by molar-refractivity contribution is 5.74. The number of ether oxygens (including phenoxy) is 1. The predicted molar refractivity (Wildman–Crippen MR) is 76.8 cm³/mol. The molecular weight excluding hydrogens is 256 g/mol. The van der Waals surface area contributed by atoms with Crippen LogP contribution in [0.3, 0.4) is 0 Å². The summed E-state index contributed by atoms with van der Waals surface area (Å²) >= 11 is 0. The first-order valence-electron chi connectivity index (χ1n) is 7.02. The largest absolute Gasteiger partial charge is 0.492 e. The molecular formula is C15H22N2O3. The number of likely N-dealkylation sites (tertiary alicyclic amines) is 1. The second kappa shape index (κ2) is 7.14. The Balaban J connectivity index is 1.63. The molecule has 0 saturated carbocycles. The van der Waals surface area contributed by atoms with Gasteiger partial charge in [-0.2, -0.15) is 0 Å². The van der Waals surface area contributed by atoms with Crippen molar-refractivity contribution in [2.45, 2.75) is 13.3 Å². The molecule has 5 heteroatoms. The summed E-state index contributed by atoms with van der Waals surface area (Å²) < 4.78 is 5.54. The number of nitrogens with one attached hydrogen (secondary N) is 1. The van der Waals surface area contributed by atoms with Crippen LogP contribution >= 0.6 is 0 Å². The van der Waals surface area contributed by atoms with E-state index in [0.29, 0.717) is 19.7 Å². The number of urea groups is 1. The summed E-state index contributed by atoms with van der Waals surface area (Å²) in [7, 11) is 0. The van der Waals surface area contributed by atoms with Crippen LogP contribution in [0.1, 0.15) is 12.0 Å². The maximum Gasteiger partial charge on any atom is 0.317 e. The molecule has 1 aliphatic heterocycles. The van der Waals surface area contributed by atoms with Crippen molar-refractivity contribution < 1.29 is 14.6 Å². The van der Waals surface area contributed by atoms with E-state index in [1.165, 1.54) is 5.56 Å². The molecule has 1 saturated heterocycles. The number of carbonyl (C=O) groups excluding carboxylic acids is 1. The molecule has 1 aliphatic rings. The molecule has 2 N–H and O–H groups in total. The Morgan fingerprint density at radius 3 is 2.85 bits per heavy atom. The molecule has 2 amide bonds. The average Bonchev–Trinajstić information content (AvgIpc) is 2.94. The van der Waals surface area contributed by atoms with Crippen molar-refractivity contribution in [1.82, 2.24) is 10.2 Å². The molecule has 1 atom stereocenters. The summed E-state index contributed by atoms with van der Waals surface area (Å²) in [5.74, 6) is 1.04. The lowest BCUT2D eigenvalue weighted by molar-refractivity contribution is 0.195. The Kier molecular flexibility index (Phi) is 5.24. The zero-order valence-corrected chi connectivity index (χ0v) is 11.8. The Morgan fingerprint density at radius 1 is 1.45 bits per heavy atom. The Hall–Kier alpha value is -1.75. The van der Waals surface area contributed by atoms with E-state index in [-0.39, 0.29) is 18.6 Å². The van der Waals surface area contributed by atoms with Gasteiger partial charge >= 0.3 is 6.03 Å². The molecule has 0 aromatic heterocycles. The first-order chi connectivity index (χ1) is 9.69. The molecule has 0 spiro atoms. The number of aryl methyl sites for hydroxylation is 1. The molecule has 5 nitrogen and oxygen atoms in total. The van der Waals surface area contributed by atoms with Crippen LogP contribution in [0, 0.1) is 12.8 Å². The zero-order chi connectivity index (χ0) is 14.4. The number of carbonyl (C=O) groups is 1. The fourth-order valence-corrected chi connectivity index (χ4v) is 2.24. The molecule has 1 aromatic rings. The molecule has 1 unspecified atom stereocenters. The zero-order valence-electron chi connectivity index (χ0n) is 11.8. The molecule has 1 aromatic carbocycles. The summed E-state index contributed by atoms with van der Waals surface area (Å²) in [6.07, 6.45) is 0.879. The summed E-state index contributed by atoms with van der Waals surface area (Å²) in [6, 6.07) is 7.75. The van der Waals surface area contributed by atoms with Gasteiger partial charge in [-0.15, -0.1) is 0 Å². The van der Waals surface area contributed by atoms with Crippen molar-refractivity contribution in [2.24, 2.45) is 5.92 Å². The fourth-order valence-electron chi connectivity index (χ4n) is 2.24. The number of hydrogen-bond donors (Lipinski definition) is 2. The third-order valence-electron chi connectivity index (χ3n) is 3.50. The van der Waals surface area contributed by atoms with E-state index in [9.17, 15) is 4.79 Å². The Bertz CT molecular complexity index is 433. The van der Waals surface area contributed by atoms with E-state index < -0.39 is 0 Å². The SMILES string of the molecule is Cc1ccc(OCCNC(=O)N2CCC(CO)C2)cc1. The molecule has 0 aliphatic carbocycles. The maximum absolute atomic E-state index is 11.8. The maximum atomic E-state index is 11.8. The van der Waals surface area contributed by atoms with E-state index in [0.717, 1.165) is 18.7 Å². The normalized spacial score (nSPS) is 18.1. The number of aliphatic hydroxyl groups is 1. The van der Waals surface area contributed by atoms with Crippen molar-refractivity contribution in [3.8, 4) is 5.75 Å². The van der Waals surface area contributed by atoms with Crippen molar-refractivity contribution in [3.05, 3.63) is 29.8 Å². The number of amides is 2. The van der Waals surface area contributed by atoms with Crippen molar-refractivity contribution in [3.63, 3.8) is 0 Å². The van der Waals surface area contributed by atoms with Crippen LogP contribution in [-0.4, -0.2) is 48.9 Å². The van der Waals surface area contributed by atoms with Crippen molar-refractivity contribution in [1.29, 1.82) is 0 Å². The lowest BCUT2D eigenvalue weighted by Crippen LogP contribution is -2.40. The second-order valence-corrected chi connectivity index (χ2v) is 5.18. The van der Waals surface area contributed by atoms with E-state index in [1.54, 1.807) is 4.90 Å². The number of hydrogen-bond acceptors (Lipinski definition) is 3. The molecule has 1 fully saturated rings.